The number of Topliss-reactive ketones (excluding diaryl/α,β-unsaturated/α-hetero) is 2. The average Bonchev–Trinajstić information content (AvgIpc) is 2.57. The fourth-order valence-electron chi connectivity index (χ4n) is 3.15. The summed E-state index contributed by atoms with van der Waals surface area (Å²) in [6.45, 7) is 0.716. The lowest BCUT2D eigenvalue weighted by Crippen LogP contribution is -2.40. The number of carbonyl (C=O) groups excluding carboxylic acids is 2. The van der Waals surface area contributed by atoms with Crippen molar-refractivity contribution in [3.05, 3.63) is 35.9 Å². The van der Waals surface area contributed by atoms with Crippen LogP contribution in [0.25, 0.3) is 0 Å². The van der Waals surface area contributed by atoms with Crippen molar-refractivity contribution in [1.29, 1.82) is 0 Å². The second kappa shape index (κ2) is 4.65. The highest BCUT2D eigenvalue weighted by molar-refractivity contribution is 6.08. The molecule has 2 saturated heterocycles. The maximum atomic E-state index is 12.0. The summed E-state index contributed by atoms with van der Waals surface area (Å²) in [5.41, 5.74) is 1.18. The van der Waals surface area contributed by atoms with E-state index >= 15 is 0 Å². The molecule has 1 aromatic carbocycles. The predicted molar refractivity (Wildman–Crippen MR) is 68.0 cm³/mol. The van der Waals surface area contributed by atoms with E-state index in [-0.39, 0.29) is 17.6 Å². The van der Waals surface area contributed by atoms with Gasteiger partial charge in [0.05, 0.1) is 0 Å². The largest absolute Gasteiger partial charge is 0.297 e. The fraction of sp³-hybridized carbons (Fsp3) is 0.467. The molecule has 0 N–H and O–H groups in total. The van der Waals surface area contributed by atoms with Crippen LogP contribution in [0.3, 0.4) is 0 Å². The van der Waals surface area contributed by atoms with Gasteiger partial charge >= 0.3 is 0 Å². The van der Waals surface area contributed by atoms with Crippen molar-refractivity contribution >= 4 is 11.6 Å². The van der Waals surface area contributed by atoms with Gasteiger partial charge in [-0.2, -0.15) is 0 Å². The molecule has 2 atom stereocenters. The first-order valence-corrected chi connectivity index (χ1v) is 6.61. The fourth-order valence-corrected chi connectivity index (χ4v) is 3.15. The number of hydrogen-bond donors (Lipinski definition) is 0. The van der Waals surface area contributed by atoms with Crippen LogP contribution in [0, 0.1) is 0 Å². The number of hydrogen-bond acceptors (Lipinski definition) is 3. The molecule has 0 radical (unpaired) electrons. The average molecular weight is 243 g/mol. The molecule has 18 heavy (non-hydrogen) atoms. The van der Waals surface area contributed by atoms with Gasteiger partial charge in [0.2, 0.25) is 0 Å². The summed E-state index contributed by atoms with van der Waals surface area (Å²) in [5.74, 6) is 0.247. The molecule has 0 aromatic heterocycles. The number of nitrogens with zero attached hydrogens (tertiary/aromatic N) is 1. The van der Waals surface area contributed by atoms with Crippen LogP contribution in [-0.4, -0.2) is 28.6 Å². The van der Waals surface area contributed by atoms with Gasteiger partial charge in [-0.25, -0.2) is 0 Å². The summed E-state index contributed by atoms with van der Waals surface area (Å²) in [6, 6.07) is 9.90. The smallest absolute Gasteiger partial charge is 0.159 e. The molecule has 3 rings (SSSR count). The molecule has 2 unspecified atom stereocenters. The minimum Gasteiger partial charge on any atom is -0.297 e. The van der Waals surface area contributed by atoms with Crippen molar-refractivity contribution in [1.82, 2.24) is 4.90 Å². The number of ketones is 2. The highest BCUT2D eigenvalue weighted by Crippen LogP contribution is 2.31. The first-order chi connectivity index (χ1) is 8.75. The van der Waals surface area contributed by atoms with E-state index in [4.69, 9.17) is 0 Å². The molecule has 0 aliphatic carbocycles. The Hall–Kier alpha value is -1.48. The number of benzene rings is 1. The summed E-state index contributed by atoms with van der Waals surface area (Å²) >= 11 is 0. The molecule has 3 heteroatoms. The van der Waals surface area contributed by atoms with Gasteiger partial charge in [0.15, 0.2) is 11.6 Å². The maximum absolute atomic E-state index is 12.0. The van der Waals surface area contributed by atoms with Crippen molar-refractivity contribution in [3.8, 4) is 0 Å². The van der Waals surface area contributed by atoms with Crippen molar-refractivity contribution in [2.24, 2.45) is 0 Å². The molecule has 2 bridgehead atoms. The van der Waals surface area contributed by atoms with E-state index in [1.54, 1.807) is 0 Å². The summed E-state index contributed by atoms with van der Waals surface area (Å²) in [6.07, 6.45) is 3.03. The van der Waals surface area contributed by atoms with E-state index in [0.29, 0.717) is 19.4 Å². The Morgan fingerprint density at radius 3 is 2.67 bits per heavy atom. The van der Waals surface area contributed by atoms with Gasteiger partial charge < -0.3 is 0 Å². The second-order valence-corrected chi connectivity index (χ2v) is 5.24. The summed E-state index contributed by atoms with van der Waals surface area (Å²) in [5, 5.41) is 0. The second-order valence-electron chi connectivity index (χ2n) is 5.24. The zero-order chi connectivity index (χ0) is 12.5. The molecule has 0 spiro atoms. The lowest BCUT2D eigenvalue weighted by Gasteiger charge is -2.25. The first-order valence-electron chi connectivity index (χ1n) is 6.61. The topological polar surface area (TPSA) is 37.4 Å². The molecule has 0 saturated carbocycles. The Kier molecular flexibility index (Phi) is 3.00. The van der Waals surface area contributed by atoms with Crippen molar-refractivity contribution in [2.45, 2.75) is 44.3 Å². The number of fused-ring (bicyclic) bond motifs is 2. The molecular formula is C15H17NO2. The Bertz CT molecular complexity index is 469. The van der Waals surface area contributed by atoms with Crippen LogP contribution in [0.4, 0.5) is 0 Å². The third-order valence-corrected chi connectivity index (χ3v) is 4.02. The Morgan fingerprint density at radius 1 is 1.11 bits per heavy atom. The highest BCUT2D eigenvalue weighted by Gasteiger charge is 2.45. The Balaban J connectivity index is 1.86. The van der Waals surface area contributed by atoms with Crippen LogP contribution in [0.15, 0.2) is 30.3 Å². The molecule has 3 nitrogen and oxygen atoms in total. The summed E-state index contributed by atoms with van der Waals surface area (Å²) in [7, 11) is 0. The Labute approximate surface area is 107 Å². The third-order valence-electron chi connectivity index (χ3n) is 4.02. The van der Waals surface area contributed by atoms with Gasteiger partial charge in [-0.05, 0) is 18.4 Å². The van der Waals surface area contributed by atoms with Crippen LogP contribution in [0.1, 0.15) is 31.2 Å². The van der Waals surface area contributed by atoms with Gasteiger partial charge in [-0.3, -0.25) is 14.5 Å². The SMILES string of the molecule is O=C1CCCC2CC(=O)C1N2Cc1ccccc1. The van der Waals surface area contributed by atoms with E-state index in [1.165, 1.54) is 5.56 Å². The lowest BCUT2D eigenvalue weighted by molar-refractivity contribution is -0.130. The van der Waals surface area contributed by atoms with Crippen molar-refractivity contribution in [2.75, 3.05) is 0 Å². The van der Waals surface area contributed by atoms with Crippen LogP contribution in [0.2, 0.25) is 0 Å². The number of carbonyl (C=O) groups is 2. The van der Waals surface area contributed by atoms with Crippen LogP contribution >= 0.6 is 0 Å². The monoisotopic (exact) mass is 243 g/mol. The van der Waals surface area contributed by atoms with E-state index in [9.17, 15) is 9.59 Å². The van der Waals surface area contributed by atoms with Crippen LogP contribution < -0.4 is 0 Å². The molecule has 1 aromatic rings. The standard InChI is InChI=1S/C15H17NO2/c17-13-8-4-7-12-9-14(18)15(13)16(12)10-11-5-2-1-3-6-11/h1-3,5-6,12,15H,4,7-10H2. The van der Waals surface area contributed by atoms with Crippen molar-refractivity contribution < 1.29 is 9.59 Å². The predicted octanol–water partition coefficient (Wildman–Crippen LogP) is 1.95. The highest BCUT2D eigenvalue weighted by atomic mass is 16.2. The van der Waals surface area contributed by atoms with Gasteiger partial charge in [-0.1, -0.05) is 30.3 Å². The van der Waals surface area contributed by atoms with E-state index in [2.05, 4.69) is 17.0 Å². The molecule has 2 heterocycles. The zero-order valence-corrected chi connectivity index (χ0v) is 10.3. The first kappa shape index (κ1) is 11.6. The lowest BCUT2D eigenvalue weighted by atomic mass is 9.99. The zero-order valence-electron chi connectivity index (χ0n) is 10.3. The van der Waals surface area contributed by atoms with E-state index in [0.717, 1.165) is 12.8 Å². The van der Waals surface area contributed by atoms with E-state index < -0.39 is 6.04 Å². The summed E-state index contributed by atoms with van der Waals surface area (Å²) in [4.78, 5) is 26.1. The van der Waals surface area contributed by atoms with Gasteiger partial charge in [0.1, 0.15) is 6.04 Å². The maximum Gasteiger partial charge on any atom is 0.159 e. The quantitative estimate of drug-likeness (QED) is 0.745. The summed E-state index contributed by atoms with van der Waals surface area (Å²) < 4.78 is 0. The third kappa shape index (κ3) is 1.99. The molecule has 2 aliphatic rings. The van der Waals surface area contributed by atoms with Gasteiger partial charge in [0, 0.05) is 25.4 Å². The van der Waals surface area contributed by atoms with Crippen LogP contribution in [0.5, 0.6) is 0 Å². The molecular weight excluding hydrogens is 226 g/mol. The molecule has 94 valence electrons. The minimum atomic E-state index is -0.460. The van der Waals surface area contributed by atoms with Crippen LogP contribution in [-0.2, 0) is 16.1 Å². The van der Waals surface area contributed by atoms with Gasteiger partial charge in [-0.15, -0.1) is 0 Å². The number of rotatable bonds is 2. The molecule has 2 aliphatic heterocycles. The normalized spacial score (nSPS) is 28.4. The van der Waals surface area contributed by atoms with E-state index in [1.807, 2.05) is 18.2 Å². The minimum absolute atomic E-state index is 0.121. The van der Waals surface area contributed by atoms with Gasteiger partial charge in [0.25, 0.3) is 0 Å². The Morgan fingerprint density at radius 2 is 1.89 bits per heavy atom. The van der Waals surface area contributed by atoms with Crippen molar-refractivity contribution in [3.63, 3.8) is 0 Å². The molecule has 2 fully saturated rings. The molecule has 0 amide bonds.